The molecule has 0 spiro atoms. The number of benzene rings is 2. The second-order valence-electron chi connectivity index (χ2n) is 5.79. The maximum Gasteiger partial charge on any atom is 0.0730 e. The molecule has 1 aromatic heterocycles. The van der Waals surface area contributed by atoms with Gasteiger partial charge in [0.2, 0.25) is 0 Å². The Kier molecular flexibility index (Phi) is 4.42. The minimum Gasteiger partial charge on any atom is -0.385 e. The molecule has 3 aromatic rings. The number of aromatic nitrogens is 1. The lowest BCUT2D eigenvalue weighted by Gasteiger charge is -2.08. The average molecular weight is 292 g/mol. The summed E-state index contributed by atoms with van der Waals surface area (Å²) in [6.07, 6.45) is 5.07. The molecule has 0 saturated heterocycles. The third-order valence-electron chi connectivity index (χ3n) is 3.97. The zero-order chi connectivity index (χ0) is 15.4. The summed E-state index contributed by atoms with van der Waals surface area (Å²) < 4.78 is 0. The molecule has 0 aliphatic rings. The second kappa shape index (κ2) is 6.65. The minimum absolute atomic E-state index is 0.504. The SMILES string of the molecule is CCCCCCNc1ccc2cc3ccc([NH])cc3nc2c1. The van der Waals surface area contributed by atoms with Crippen LogP contribution >= 0.6 is 0 Å². The quantitative estimate of drug-likeness (QED) is 0.495. The first-order chi connectivity index (χ1) is 10.8. The fourth-order valence-corrected chi connectivity index (χ4v) is 2.72. The molecule has 0 aliphatic carbocycles. The zero-order valence-corrected chi connectivity index (χ0v) is 13.0. The number of nitrogens with zero attached hydrogens (tertiary/aromatic N) is 1. The molecule has 113 valence electrons. The molecule has 3 nitrogen and oxygen atoms in total. The van der Waals surface area contributed by atoms with Crippen molar-refractivity contribution in [2.45, 2.75) is 32.6 Å². The van der Waals surface area contributed by atoms with E-state index in [2.05, 4.69) is 36.5 Å². The molecule has 22 heavy (non-hydrogen) atoms. The van der Waals surface area contributed by atoms with Gasteiger partial charge in [-0.05, 0) is 36.8 Å². The topological polar surface area (TPSA) is 48.7 Å². The Morgan fingerprint density at radius 1 is 0.909 bits per heavy atom. The Labute approximate surface area is 131 Å². The Morgan fingerprint density at radius 3 is 2.50 bits per heavy atom. The van der Waals surface area contributed by atoms with Gasteiger partial charge in [0.1, 0.15) is 0 Å². The summed E-state index contributed by atoms with van der Waals surface area (Å²) >= 11 is 0. The highest BCUT2D eigenvalue weighted by atomic mass is 14.9. The van der Waals surface area contributed by atoms with Gasteiger partial charge in [0.25, 0.3) is 0 Å². The van der Waals surface area contributed by atoms with Crippen LogP contribution in [0.2, 0.25) is 0 Å². The molecule has 0 amide bonds. The van der Waals surface area contributed by atoms with Crippen LogP contribution in [0, 0.1) is 0 Å². The largest absolute Gasteiger partial charge is 0.385 e. The van der Waals surface area contributed by atoms with Gasteiger partial charge in [-0.15, -0.1) is 0 Å². The number of rotatable bonds is 6. The van der Waals surface area contributed by atoms with Crippen molar-refractivity contribution in [2.75, 3.05) is 11.9 Å². The molecule has 0 aliphatic heterocycles. The highest BCUT2D eigenvalue weighted by molar-refractivity contribution is 5.94. The number of fused-ring (bicyclic) bond motifs is 2. The number of anilines is 1. The van der Waals surface area contributed by atoms with Gasteiger partial charge in [0.15, 0.2) is 0 Å². The van der Waals surface area contributed by atoms with Crippen LogP contribution in [0.3, 0.4) is 0 Å². The van der Waals surface area contributed by atoms with Crippen molar-refractivity contribution in [1.29, 1.82) is 0 Å². The van der Waals surface area contributed by atoms with Crippen LogP contribution in [0.4, 0.5) is 11.4 Å². The van der Waals surface area contributed by atoms with E-state index in [9.17, 15) is 0 Å². The summed E-state index contributed by atoms with van der Waals surface area (Å²) in [7, 11) is 0. The van der Waals surface area contributed by atoms with Crippen molar-refractivity contribution in [1.82, 2.24) is 10.7 Å². The van der Waals surface area contributed by atoms with Gasteiger partial charge in [-0.25, -0.2) is 4.98 Å². The minimum atomic E-state index is 0.504. The Hall–Kier alpha value is -2.29. The third kappa shape index (κ3) is 3.30. The lowest BCUT2D eigenvalue weighted by molar-refractivity contribution is 0.685. The highest BCUT2D eigenvalue weighted by Gasteiger charge is 2.02. The molecule has 3 heteroatoms. The van der Waals surface area contributed by atoms with E-state index in [0.29, 0.717) is 5.69 Å². The van der Waals surface area contributed by atoms with E-state index in [4.69, 9.17) is 10.7 Å². The molecule has 0 saturated carbocycles. The molecule has 2 N–H and O–H groups in total. The summed E-state index contributed by atoms with van der Waals surface area (Å²) in [5.74, 6) is 0. The lowest BCUT2D eigenvalue weighted by Crippen LogP contribution is -2.01. The number of unbranched alkanes of at least 4 members (excludes halogenated alkanes) is 3. The molecule has 1 heterocycles. The number of hydrogen-bond donors (Lipinski definition) is 1. The van der Waals surface area contributed by atoms with E-state index in [-0.39, 0.29) is 0 Å². The van der Waals surface area contributed by atoms with Crippen molar-refractivity contribution in [3.05, 3.63) is 42.5 Å². The number of pyridine rings is 1. The highest BCUT2D eigenvalue weighted by Crippen LogP contribution is 2.24. The standard InChI is InChI=1S/C19H22N3/c1-2-3-4-5-10-21-17-9-7-15-11-14-6-8-16(20)12-18(14)22-19(15)13-17/h6-9,11-13,20-21H,2-5,10H2,1H3. The predicted octanol–water partition coefficient (Wildman–Crippen LogP) is 5.29. The molecular formula is C19H22N3. The smallest absolute Gasteiger partial charge is 0.0730 e. The number of hydrogen-bond acceptors (Lipinski definition) is 2. The second-order valence-corrected chi connectivity index (χ2v) is 5.79. The summed E-state index contributed by atoms with van der Waals surface area (Å²) in [5.41, 5.74) is 11.2. The molecule has 0 fully saturated rings. The van der Waals surface area contributed by atoms with Crippen LogP contribution in [0.25, 0.3) is 21.8 Å². The van der Waals surface area contributed by atoms with Gasteiger partial charge in [0, 0.05) is 23.0 Å². The Morgan fingerprint density at radius 2 is 1.68 bits per heavy atom. The van der Waals surface area contributed by atoms with Crippen LogP contribution < -0.4 is 11.1 Å². The molecule has 0 unspecified atom stereocenters. The monoisotopic (exact) mass is 292 g/mol. The Balaban J connectivity index is 1.80. The van der Waals surface area contributed by atoms with E-state index < -0.39 is 0 Å². The van der Waals surface area contributed by atoms with Gasteiger partial charge >= 0.3 is 0 Å². The van der Waals surface area contributed by atoms with E-state index in [1.165, 1.54) is 25.7 Å². The van der Waals surface area contributed by atoms with E-state index in [0.717, 1.165) is 34.0 Å². The first kappa shape index (κ1) is 14.6. The van der Waals surface area contributed by atoms with Crippen molar-refractivity contribution >= 4 is 33.2 Å². The first-order valence-corrected chi connectivity index (χ1v) is 8.06. The predicted molar refractivity (Wildman–Crippen MR) is 94.6 cm³/mol. The molecule has 3 rings (SSSR count). The van der Waals surface area contributed by atoms with Gasteiger partial charge in [0.05, 0.1) is 16.7 Å². The van der Waals surface area contributed by atoms with E-state index >= 15 is 0 Å². The molecule has 2 aromatic carbocycles. The van der Waals surface area contributed by atoms with Crippen LogP contribution in [-0.4, -0.2) is 11.5 Å². The first-order valence-electron chi connectivity index (χ1n) is 8.06. The summed E-state index contributed by atoms with van der Waals surface area (Å²) in [4.78, 5) is 4.70. The van der Waals surface area contributed by atoms with Crippen LogP contribution in [0.1, 0.15) is 32.6 Å². The summed E-state index contributed by atoms with van der Waals surface area (Å²) in [6, 6.07) is 14.1. The number of nitrogens with one attached hydrogen (secondary N) is 2. The maximum absolute atomic E-state index is 7.72. The Bertz CT molecular complexity index is 780. The van der Waals surface area contributed by atoms with Crippen molar-refractivity contribution in [3.63, 3.8) is 0 Å². The fourth-order valence-electron chi connectivity index (χ4n) is 2.72. The molecular weight excluding hydrogens is 270 g/mol. The molecule has 0 atom stereocenters. The fraction of sp³-hybridized carbons (Fsp3) is 0.316. The van der Waals surface area contributed by atoms with Gasteiger partial charge in [-0.2, -0.15) is 0 Å². The normalized spacial score (nSPS) is 11.1. The average Bonchev–Trinajstić information content (AvgIpc) is 2.52. The van der Waals surface area contributed by atoms with E-state index in [1.807, 2.05) is 18.2 Å². The van der Waals surface area contributed by atoms with Gasteiger partial charge in [-0.3, -0.25) is 0 Å². The van der Waals surface area contributed by atoms with Gasteiger partial charge in [-0.1, -0.05) is 38.3 Å². The maximum atomic E-state index is 7.72. The lowest BCUT2D eigenvalue weighted by atomic mass is 10.1. The summed E-state index contributed by atoms with van der Waals surface area (Å²) in [5, 5.41) is 5.71. The zero-order valence-electron chi connectivity index (χ0n) is 13.0. The van der Waals surface area contributed by atoms with Crippen LogP contribution in [0.15, 0.2) is 42.5 Å². The third-order valence-corrected chi connectivity index (χ3v) is 3.97. The van der Waals surface area contributed by atoms with Gasteiger partial charge < -0.3 is 11.1 Å². The van der Waals surface area contributed by atoms with E-state index in [1.54, 1.807) is 0 Å². The van der Waals surface area contributed by atoms with Crippen molar-refractivity contribution in [2.24, 2.45) is 0 Å². The van der Waals surface area contributed by atoms with Crippen molar-refractivity contribution < 1.29 is 0 Å². The molecule has 1 radical (unpaired) electrons. The van der Waals surface area contributed by atoms with Crippen LogP contribution in [-0.2, 0) is 0 Å². The summed E-state index contributed by atoms with van der Waals surface area (Å²) in [6.45, 7) is 3.24. The van der Waals surface area contributed by atoms with Crippen LogP contribution in [0.5, 0.6) is 0 Å². The van der Waals surface area contributed by atoms with Crippen molar-refractivity contribution in [3.8, 4) is 0 Å². The molecule has 0 bridgehead atoms.